The van der Waals surface area contributed by atoms with Crippen molar-refractivity contribution in [2.75, 3.05) is 32.5 Å². The third-order valence-corrected chi connectivity index (χ3v) is 7.38. The summed E-state index contributed by atoms with van der Waals surface area (Å²) in [5.41, 5.74) is 8.30. The van der Waals surface area contributed by atoms with Gasteiger partial charge in [-0.15, -0.1) is 11.3 Å². The summed E-state index contributed by atoms with van der Waals surface area (Å²) >= 11 is 3.15. The van der Waals surface area contributed by atoms with Crippen LogP contribution in [0.5, 0.6) is 5.75 Å². The zero-order valence-corrected chi connectivity index (χ0v) is 20.7. The lowest BCUT2D eigenvalue weighted by Gasteiger charge is -2.12. The van der Waals surface area contributed by atoms with Gasteiger partial charge in [-0.3, -0.25) is 0 Å². The molecule has 3 aromatic heterocycles. The van der Waals surface area contributed by atoms with Gasteiger partial charge in [0.05, 0.1) is 7.11 Å². The first-order valence-corrected chi connectivity index (χ1v) is 13.4. The molecule has 0 saturated carbocycles. The Balaban J connectivity index is 1.61. The average Bonchev–Trinajstić information content (AvgIpc) is 3.45. The van der Waals surface area contributed by atoms with Crippen LogP contribution in [0.2, 0.25) is 0 Å². The van der Waals surface area contributed by atoms with Crippen LogP contribution in [0.1, 0.15) is 0 Å². The minimum absolute atomic E-state index is 0.189. The summed E-state index contributed by atoms with van der Waals surface area (Å²) in [6.45, 7) is 1.68. The van der Waals surface area contributed by atoms with Gasteiger partial charge in [-0.1, -0.05) is 17.8 Å². The van der Waals surface area contributed by atoms with Gasteiger partial charge in [0.2, 0.25) is 0 Å². The number of methoxy groups -OCH3 is 1. The van der Waals surface area contributed by atoms with E-state index in [1.54, 1.807) is 18.4 Å². The molecule has 1 aromatic carbocycles. The van der Waals surface area contributed by atoms with Crippen LogP contribution in [0.4, 0.5) is 5.82 Å². The summed E-state index contributed by atoms with van der Waals surface area (Å²) in [7, 11) is -2.07. The van der Waals surface area contributed by atoms with E-state index in [-0.39, 0.29) is 6.54 Å². The number of fused-ring (bicyclic) bond motifs is 1. The zero-order valence-electron chi connectivity index (χ0n) is 18.3. The molecule has 14 heteroatoms. The first-order chi connectivity index (χ1) is 16.4. The molecule has 0 amide bonds. The van der Waals surface area contributed by atoms with Gasteiger partial charge in [0, 0.05) is 41.5 Å². The third-order valence-electron chi connectivity index (χ3n) is 4.82. The molecule has 0 aliphatic rings. The Hall–Kier alpha value is -2.75. The summed E-state index contributed by atoms with van der Waals surface area (Å²) in [6.07, 6.45) is 1.41. The number of nitrogen functional groups attached to an aromatic ring is 1. The molecule has 6 N–H and O–H groups in total. The summed E-state index contributed by atoms with van der Waals surface area (Å²) in [6, 6.07) is 10.0. The molecular weight excluding hydrogens is 496 g/mol. The zero-order chi connectivity index (χ0) is 24.1. The number of nitrogens with zero attached hydrogens (tertiary/aromatic N) is 4. The first-order valence-electron chi connectivity index (χ1n) is 10.2. The Morgan fingerprint density at radius 3 is 2.79 bits per heavy atom. The maximum atomic E-state index is 11.0. The van der Waals surface area contributed by atoms with Gasteiger partial charge >= 0.3 is 0 Å². The van der Waals surface area contributed by atoms with E-state index in [2.05, 4.69) is 26.1 Å². The molecule has 180 valence electrons. The second kappa shape index (κ2) is 10.7. The molecule has 34 heavy (non-hydrogen) atoms. The van der Waals surface area contributed by atoms with E-state index in [0.717, 1.165) is 21.1 Å². The van der Waals surface area contributed by atoms with Gasteiger partial charge in [-0.25, -0.2) is 24.8 Å². The molecule has 0 aliphatic heterocycles. The summed E-state index contributed by atoms with van der Waals surface area (Å²) in [5, 5.41) is 10.9. The number of rotatable bonds is 11. The van der Waals surface area contributed by atoms with E-state index in [4.69, 9.17) is 20.6 Å². The highest BCUT2D eigenvalue weighted by Gasteiger charge is 2.18. The van der Waals surface area contributed by atoms with Crippen molar-refractivity contribution in [1.82, 2.24) is 29.6 Å². The highest BCUT2D eigenvalue weighted by molar-refractivity contribution is 7.99. The number of aromatic nitrogens is 4. The average molecular weight is 521 g/mol. The second-order valence-corrected chi connectivity index (χ2v) is 10.4. The lowest BCUT2D eigenvalue weighted by molar-refractivity contribution is 0.414. The molecule has 0 unspecified atom stereocenters. The molecule has 0 saturated heterocycles. The fraction of sp³-hybridized carbons (Fsp3) is 0.250. The molecule has 3 heterocycles. The predicted octanol–water partition coefficient (Wildman–Crippen LogP) is 1.68. The van der Waals surface area contributed by atoms with E-state index in [0.29, 0.717) is 41.8 Å². The highest BCUT2D eigenvalue weighted by Crippen LogP contribution is 2.40. The van der Waals surface area contributed by atoms with Crippen molar-refractivity contribution in [3.63, 3.8) is 0 Å². The van der Waals surface area contributed by atoms with Crippen molar-refractivity contribution < 1.29 is 13.2 Å². The number of benzene rings is 1. The Morgan fingerprint density at radius 1 is 1.21 bits per heavy atom. The van der Waals surface area contributed by atoms with Crippen LogP contribution >= 0.6 is 23.1 Å². The van der Waals surface area contributed by atoms with Crippen LogP contribution in [-0.4, -0.2) is 54.7 Å². The standard InChI is InChI=1S/C20H24N8O3S3/c1-31-13-4-5-14(15-3-2-10-32-15)16(11-13)33-20-27-17-18(21)24-12-25-19(17)28(20)9-8-23-6-7-26-34(22,29)30/h2-5,10-12,23,26H,6-9H2,1H3,(H2,21,24,25)(H2,22,29,30). The van der Waals surface area contributed by atoms with Crippen molar-refractivity contribution in [3.8, 4) is 16.2 Å². The number of hydrogen-bond acceptors (Lipinski definition) is 10. The quantitative estimate of drug-likeness (QED) is 0.215. The fourth-order valence-corrected chi connectivity index (χ4v) is 5.56. The van der Waals surface area contributed by atoms with Crippen molar-refractivity contribution >= 4 is 50.3 Å². The number of thiophene rings is 1. The lowest BCUT2D eigenvalue weighted by atomic mass is 10.2. The second-order valence-electron chi connectivity index (χ2n) is 7.11. The number of nitrogens with two attached hydrogens (primary N) is 2. The summed E-state index contributed by atoms with van der Waals surface area (Å²) in [4.78, 5) is 15.3. The Bertz CT molecular complexity index is 1370. The van der Waals surface area contributed by atoms with Crippen LogP contribution in [-0.2, 0) is 16.8 Å². The highest BCUT2D eigenvalue weighted by atomic mass is 32.2. The maximum absolute atomic E-state index is 11.0. The van der Waals surface area contributed by atoms with E-state index < -0.39 is 10.2 Å². The van der Waals surface area contributed by atoms with Crippen LogP contribution in [0.15, 0.2) is 52.1 Å². The smallest absolute Gasteiger partial charge is 0.274 e. The van der Waals surface area contributed by atoms with E-state index in [1.165, 1.54) is 18.1 Å². The molecule has 4 rings (SSSR count). The normalized spacial score (nSPS) is 11.8. The van der Waals surface area contributed by atoms with Gasteiger partial charge < -0.3 is 20.4 Å². The predicted molar refractivity (Wildman–Crippen MR) is 134 cm³/mol. The number of anilines is 1. The number of hydrogen-bond donors (Lipinski definition) is 4. The van der Waals surface area contributed by atoms with Gasteiger partial charge in [0.25, 0.3) is 10.2 Å². The lowest BCUT2D eigenvalue weighted by Crippen LogP contribution is -2.36. The molecule has 11 nitrogen and oxygen atoms in total. The monoisotopic (exact) mass is 520 g/mol. The molecule has 4 aromatic rings. The number of imidazole rings is 1. The summed E-state index contributed by atoms with van der Waals surface area (Å²) < 4.78 is 31.7. The van der Waals surface area contributed by atoms with Crippen LogP contribution in [0.25, 0.3) is 21.6 Å². The molecule has 0 fully saturated rings. The minimum atomic E-state index is -3.71. The number of nitrogens with one attached hydrogen (secondary N) is 2. The molecule has 0 radical (unpaired) electrons. The van der Waals surface area contributed by atoms with Gasteiger partial charge in [-0.2, -0.15) is 8.42 Å². The van der Waals surface area contributed by atoms with Gasteiger partial charge in [-0.05, 0) is 29.6 Å². The largest absolute Gasteiger partial charge is 0.497 e. The third kappa shape index (κ3) is 5.84. The fourth-order valence-electron chi connectivity index (χ4n) is 3.26. The van der Waals surface area contributed by atoms with Gasteiger partial charge in [0.15, 0.2) is 22.1 Å². The first kappa shape index (κ1) is 24.4. The van der Waals surface area contributed by atoms with Crippen molar-refractivity contribution in [3.05, 3.63) is 42.0 Å². The van der Waals surface area contributed by atoms with Gasteiger partial charge in [0.1, 0.15) is 12.1 Å². The van der Waals surface area contributed by atoms with Crippen LogP contribution in [0.3, 0.4) is 0 Å². The molecule has 0 aliphatic carbocycles. The molecular formula is C20H24N8O3S3. The molecule has 0 spiro atoms. The minimum Gasteiger partial charge on any atom is -0.497 e. The van der Waals surface area contributed by atoms with Crippen LogP contribution in [0, 0.1) is 0 Å². The maximum Gasteiger partial charge on any atom is 0.274 e. The van der Waals surface area contributed by atoms with Crippen molar-refractivity contribution in [2.24, 2.45) is 5.14 Å². The molecule has 0 atom stereocenters. The Kier molecular flexibility index (Phi) is 7.65. The summed E-state index contributed by atoms with van der Waals surface area (Å²) in [5.74, 6) is 1.05. The van der Waals surface area contributed by atoms with Crippen molar-refractivity contribution in [1.29, 1.82) is 0 Å². The van der Waals surface area contributed by atoms with Crippen molar-refractivity contribution in [2.45, 2.75) is 16.6 Å². The number of ether oxygens (including phenoxy) is 1. The van der Waals surface area contributed by atoms with E-state index >= 15 is 0 Å². The Labute approximate surface area is 205 Å². The topological polar surface area (TPSA) is 163 Å². The SMILES string of the molecule is COc1ccc(-c2cccs2)c(Sc2nc3c(N)ncnc3n2CCNCCNS(N)(=O)=O)c1. The van der Waals surface area contributed by atoms with E-state index in [9.17, 15) is 8.42 Å². The van der Waals surface area contributed by atoms with Crippen LogP contribution < -0.4 is 25.6 Å². The Morgan fingerprint density at radius 2 is 2.06 bits per heavy atom. The molecule has 0 bridgehead atoms. The van der Waals surface area contributed by atoms with E-state index in [1.807, 2.05) is 34.2 Å².